The van der Waals surface area contributed by atoms with Gasteiger partial charge in [-0.25, -0.2) is 16.8 Å². The third-order valence-corrected chi connectivity index (χ3v) is 5.86. The van der Waals surface area contributed by atoms with Crippen molar-refractivity contribution < 1.29 is 26.7 Å². The molecule has 1 aromatic carbocycles. The number of unbranched alkanes of at least 4 members (excludes halogenated alkanes) is 2. The molecule has 6 nitrogen and oxygen atoms in total. The lowest BCUT2D eigenvalue weighted by molar-refractivity contribution is -0.137. The number of carbonyl (C=O) groups is 1. The number of sulfone groups is 2. The molecular formula is C13H18O6S2. The first-order valence-corrected chi connectivity index (χ1v) is 9.92. The van der Waals surface area contributed by atoms with Gasteiger partial charge in [0.1, 0.15) is 0 Å². The lowest BCUT2D eigenvalue weighted by atomic mass is 10.2. The Hall–Kier alpha value is -1.41. The lowest BCUT2D eigenvalue weighted by Crippen LogP contribution is -2.07. The van der Waals surface area contributed by atoms with Crippen molar-refractivity contribution >= 4 is 25.6 Å². The number of hydrogen-bond donors (Lipinski definition) is 1. The minimum atomic E-state index is -3.47. The van der Waals surface area contributed by atoms with Gasteiger partial charge in [-0.05, 0) is 37.1 Å². The van der Waals surface area contributed by atoms with Crippen LogP contribution in [0.15, 0.2) is 34.1 Å². The molecule has 0 aliphatic carbocycles. The van der Waals surface area contributed by atoms with Crippen LogP contribution in [0.5, 0.6) is 0 Å². The van der Waals surface area contributed by atoms with Crippen molar-refractivity contribution in [1.82, 2.24) is 0 Å². The summed E-state index contributed by atoms with van der Waals surface area (Å²) in [5.41, 5.74) is 0. The number of carboxylic acids is 1. The zero-order chi connectivity index (χ0) is 16.1. The second-order valence-corrected chi connectivity index (χ2v) is 8.89. The van der Waals surface area contributed by atoms with Gasteiger partial charge >= 0.3 is 5.97 Å². The number of rotatable bonds is 8. The monoisotopic (exact) mass is 334 g/mol. The van der Waals surface area contributed by atoms with Crippen LogP contribution < -0.4 is 0 Å². The minimum absolute atomic E-state index is 0.0309. The first kappa shape index (κ1) is 17.6. The molecule has 0 saturated heterocycles. The van der Waals surface area contributed by atoms with Crippen molar-refractivity contribution in [3.63, 3.8) is 0 Å². The Kier molecular flexibility index (Phi) is 5.91. The van der Waals surface area contributed by atoms with E-state index in [1.54, 1.807) is 0 Å². The van der Waals surface area contributed by atoms with E-state index in [2.05, 4.69) is 0 Å². The van der Waals surface area contributed by atoms with Gasteiger partial charge in [0.2, 0.25) is 0 Å². The molecule has 1 N–H and O–H groups in total. The van der Waals surface area contributed by atoms with Crippen LogP contribution in [0.1, 0.15) is 25.7 Å². The Morgan fingerprint density at radius 2 is 1.48 bits per heavy atom. The fraction of sp³-hybridized carbons (Fsp3) is 0.462. The van der Waals surface area contributed by atoms with Gasteiger partial charge in [0.15, 0.2) is 19.7 Å². The van der Waals surface area contributed by atoms with Crippen LogP contribution in [0, 0.1) is 0 Å². The zero-order valence-electron chi connectivity index (χ0n) is 11.6. The molecule has 0 aliphatic rings. The standard InChI is InChI=1S/C13H18O6S2/c1-20(16,17)11-6-8-12(9-7-11)21(18,19)10-4-2-3-5-13(14)15/h6-9H,2-5,10H2,1H3,(H,14,15). The van der Waals surface area contributed by atoms with Gasteiger partial charge in [-0.3, -0.25) is 4.79 Å². The third kappa shape index (κ3) is 5.84. The summed E-state index contributed by atoms with van der Waals surface area (Å²) in [5.74, 6) is -0.973. The molecule has 8 heteroatoms. The lowest BCUT2D eigenvalue weighted by Gasteiger charge is -2.05. The van der Waals surface area contributed by atoms with Crippen molar-refractivity contribution in [3.8, 4) is 0 Å². The SMILES string of the molecule is CS(=O)(=O)c1ccc(S(=O)(=O)CCCCCC(=O)O)cc1. The van der Waals surface area contributed by atoms with Crippen molar-refractivity contribution in [2.24, 2.45) is 0 Å². The molecule has 118 valence electrons. The van der Waals surface area contributed by atoms with E-state index in [1.165, 1.54) is 24.3 Å². The fourth-order valence-electron chi connectivity index (χ4n) is 1.76. The van der Waals surface area contributed by atoms with E-state index in [1.807, 2.05) is 0 Å². The summed E-state index contributed by atoms with van der Waals surface area (Å²) in [4.78, 5) is 10.5. The van der Waals surface area contributed by atoms with E-state index < -0.39 is 25.6 Å². The summed E-state index contributed by atoms with van der Waals surface area (Å²) in [5, 5.41) is 8.48. The van der Waals surface area contributed by atoms with Gasteiger partial charge in [-0.2, -0.15) is 0 Å². The van der Waals surface area contributed by atoms with E-state index in [0.29, 0.717) is 19.3 Å². The molecule has 0 spiro atoms. The predicted octanol–water partition coefficient (Wildman–Crippen LogP) is 1.51. The van der Waals surface area contributed by atoms with Crippen LogP contribution in [-0.2, 0) is 24.5 Å². The van der Waals surface area contributed by atoms with Gasteiger partial charge in [-0.1, -0.05) is 6.42 Å². The molecule has 1 aromatic rings. The van der Waals surface area contributed by atoms with Crippen molar-refractivity contribution in [2.75, 3.05) is 12.0 Å². The van der Waals surface area contributed by atoms with Crippen molar-refractivity contribution in [3.05, 3.63) is 24.3 Å². The van der Waals surface area contributed by atoms with Crippen molar-refractivity contribution in [2.45, 2.75) is 35.5 Å². The molecule has 0 radical (unpaired) electrons. The number of hydrogen-bond acceptors (Lipinski definition) is 5. The van der Waals surface area contributed by atoms with Crippen LogP contribution in [-0.4, -0.2) is 39.9 Å². The molecule has 0 unspecified atom stereocenters. The molecular weight excluding hydrogens is 316 g/mol. The number of aliphatic carboxylic acids is 1. The summed E-state index contributed by atoms with van der Waals surface area (Å²) in [6, 6.07) is 5.10. The molecule has 0 aliphatic heterocycles. The van der Waals surface area contributed by atoms with Crippen LogP contribution in [0.3, 0.4) is 0 Å². The molecule has 0 saturated carbocycles. The highest BCUT2D eigenvalue weighted by Crippen LogP contribution is 2.17. The third-order valence-electron chi connectivity index (χ3n) is 2.91. The van der Waals surface area contributed by atoms with E-state index in [9.17, 15) is 21.6 Å². The molecule has 21 heavy (non-hydrogen) atoms. The van der Waals surface area contributed by atoms with Gasteiger partial charge in [0, 0.05) is 12.7 Å². The van der Waals surface area contributed by atoms with Crippen LogP contribution in [0.25, 0.3) is 0 Å². The van der Waals surface area contributed by atoms with Crippen molar-refractivity contribution in [1.29, 1.82) is 0 Å². The topological polar surface area (TPSA) is 106 Å². The highest BCUT2D eigenvalue weighted by atomic mass is 32.2. The molecule has 1 rings (SSSR count). The summed E-state index contributed by atoms with van der Waals surface area (Å²) >= 11 is 0. The van der Waals surface area contributed by atoms with E-state index in [0.717, 1.165) is 6.26 Å². The first-order chi connectivity index (χ1) is 9.63. The van der Waals surface area contributed by atoms with E-state index in [-0.39, 0.29) is 22.0 Å². The van der Waals surface area contributed by atoms with Gasteiger partial charge in [0.25, 0.3) is 0 Å². The van der Waals surface area contributed by atoms with E-state index in [4.69, 9.17) is 5.11 Å². The second-order valence-electron chi connectivity index (χ2n) is 4.77. The smallest absolute Gasteiger partial charge is 0.303 e. The predicted molar refractivity (Wildman–Crippen MR) is 77.7 cm³/mol. The quantitative estimate of drug-likeness (QED) is 0.722. The average Bonchev–Trinajstić information content (AvgIpc) is 2.37. The number of benzene rings is 1. The summed E-state index contributed by atoms with van der Waals surface area (Å²) in [6.45, 7) is 0. The van der Waals surface area contributed by atoms with Crippen LogP contribution in [0.4, 0.5) is 0 Å². The molecule has 0 aromatic heterocycles. The van der Waals surface area contributed by atoms with Gasteiger partial charge < -0.3 is 5.11 Å². The second kappa shape index (κ2) is 7.04. The Morgan fingerprint density at radius 1 is 0.952 bits per heavy atom. The highest BCUT2D eigenvalue weighted by molar-refractivity contribution is 7.91. The Morgan fingerprint density at radius 3 is 1.95 bits per heavy atom. The molecule has 0 amide bonds. The van der Waals surface area contributed by atoms with E-state index >= 15 is 0 Å². The zero-order valence-corrected chi connectivity index (χ0v) is 13.3. The van der Waals surface area contributed by atoms with Crippen LogP contribution in [0.2, 0.25) is 0 Å². The largest absolute Gasteiger partial charge is 0.481 e. The van der Waals surface area contributed by atoms with Gasteiger partial charge in [0.05, 0.1) is 15.5 Å². The minimum Gasteiger partial charge on any atom is -0.481 e. The summed E-state index contributed by atoms with van der Waals surface area (Å²) < 4.78 is 46.6. The fourth-order valence-corrected chi connectivity index (χ4v) is 3.76. The molecule has 0 fully saturated rings. The highest BCUT2D eigenvalue weighted by Gasteiger charge is 2.15. The Labute approximate surface area is 124 Å². The maximum atomic E-state index is 12.0. The molecule has 0 bridgehead atoms. The number of carboxylic acid groups (broad SMARTS) is 1. The molecule has 0 heterocycles. The summed E-state index contributed by atoms with van der Waals surface area (Å²) in [7, 11) is -6.81. The van der Waals surface area contributed by atoms with Gasteiger partial charge in [-0.15, -0.1) is 0 Å². The maximum absolute atomic E-state index is 12.0. The molecule has 0 atom stereocenters. The van der Waals surface area contributed by atoms with Crippen LogP contribution >= 0.6 is 0 Å². The maximum Gasteiger partial charge on any atom is 0.303 e. The first-order valence-electron chi connectivity index (χ1n) is 6.37. The average molecular weight is 334 g/mol. The Bertz CT molecular complexity index is 687. The normalized spacial score (nSPS) is 12.2. The summed E-state index contributed by atoms with van der Waals surface area (Å²) in [6.07, 6.45) is 2.43. The Balaban J connectivity index is 2.64.